The third-order valence-corrected chi connectivity index (χ3v) is 4.11. The Morgan fingerprint density at radius 3 is 2.86 bits per heavy atom. The minimum atomic E-state index is 0.0417. The van der Waals surface area contributed by atoms with E-state index in [1.54, 1.807) is 0 Å². The molecule has 1 aromatic carbocycles. The van der Waals surface area contributed by atoms with Crippen LogP contribution >= 0.6 is 15.9 Å². The highest BCUT2D eigenvalue weighted by Crippen LogP contribution is 2.25. The first kappa shape index (κ1) is 16.3. The first-order valence-corrected chi connectivity index (χ1v) is 8.29. The van der Waals surface area contributed by atoms with Gasteiger partial charge >= 0.3 is 0 Å². The van der Waals surface area contributed by atoms with Gasteiger partial charge in [0.1, 0.15) is 5.75 Å². The summed E-state index contributed by atoms with van der Waals surface area (Å²) >= 11 is 3.45. The number of likely N-dealkylation sites (tertiary alicyclic amines) is 1. The summed E-state index contributed by atoms with van der Waals surface area (Å²) < 4.78 is 6.55. The van der Waals surface area contributed by atoms with Gasteiger partial charge in [0.05, 0.1) is 6.10 Å². The topological polar surface area (TPSA) is 55.6 Å². The highest BCUT2D eigenvalue weighted by atomic mass is 79.9. The second kappa shape index (κ2) is 7.27. The quantitative estimate of drug-likeness (QED) is 0.903. The number of piperidine rings is 1. The van der Waals surface area contributed by atoms with Gasteiger partial charge in [-0.25, -0.2) is 0 Å². The Hall–Kier alpha value is -1.07. The van der Waals surface area contributed by atoms with Crippen molar-refractivity contribution in [1.82, 2.24) is 4.90 Å². The van der Waals surface area contributed by atoms with Crippen molar-refractivity contribution >= 4 is 21.8 Å². The molecule has 0 saturated carbocycles. The van der Waals surface area contributed by atoms with E-state index in [1.807, 2.05) is 36.9 Å². The lowest BCUT2D eigenvalue weighted by atomic mass is 10.0. The zero-order valence-corrected chi connectivity index (χ0v) is 14.2. The molecule has 0 aromatic heterocycles. The molecule has 1 aliphatic heterocycles. The largest absolute Gasteiger partial charge is 0.491 e. The Labute approximate surface area is 134 Å². The lowest BCUT2D eigenvalue weighted by Gasteiger charge is -2.35. The van der Waals surface area contributed by atoms with Gasteiger partial charge in [-0.05, 0) is 51.3 Å². The van der Waals surface area contributed by atoms with E-state index >= 15 is 0 Å². The van der Waals surface area contributed by atoms with Crippen molar-refractivity contribution in [2.24, 2.45) is 5.73 Å². The third kappa shape index (κ3) is 4.20. The molecule has 116 valence electrons. The van der Waals surface area contributed by atoms with Gasteiger partial charge < -0.3 is 15.4 Å². The highest BCUT2D eigenvalue weighted by Gasteiger charge is 2.26. The van der Waals surface area contributed by atoms with Crippen LogP contribution in [0.2, 0.25) is 0 Å². The molecule has 1 aliphatic rings. The van der Waals surface area contributed by atoms with Crippen LogP contribution in [0.5, 0.6) is 5.75 Å². The number of nitrogens with zero attached hydrogens (tertiary/aromatic N) is 1. The summed E-state index contributed by atoms with van der Waals surface area (Å²) in [5, 5.41) is 0. The molecule has 1 heterocycles. The van der Waals surface area contributed by atoms with Crippen molar-refractivity contribution < 1.29 is 9.53 Å². The van der Waals surface area contributed by atoms with E-state index in [4.69, 9.17) is 10.5 Å². The lowest BCUT2D eigenvalue weighted by molar-refractivity contribution is 0.0622. The Morgan fingerprint density at radius 2 is 2.19 bits per heavy atom. The van der Waals surface area contributed by atoms with Crippen LogP contribution in [-0.2, 0) is 0 Å². The van der Waals surface area contributed by atoms with E-state index in [0.29, 0.717) is 17.9 Å². The van der Waals surface area contributed by atoms with Crippen LogP contribution in [0.25, 0.3) is 0 Å². The molecule has 4 nitrogen and oxygen atoms in total. The minimum Gasteiger partial charge on any atom is -0.491 e. The van der Waals surface area contributed by atoms with Crippen molar-refractivity contribution in [3.05, 3.63) is 28.2 Å². The molecule has 1 aromatic rings. The van der Waals surface area contributed by atoms with Crippen molar-refractivity contribution in [2.45, 2.75) is 45.3 Å². The number of rotatable bonds is 4. The third-order valence-electron chi connectivity index (χ3n) is 3.65. The van der Waals surface area contributed by atoms with Crippen LogP contribution in [-0.4, -0.2) is 36.0 Å². The van der Waals surface area contributed by atoms with Crippen LogP contribution in [0, 0.1) is 0 Å². The zero-order chi connectivity index (χ0) is 15.4. The number of carbonyl (C=O) groups excluding carboxylic acids is 1. The minimum absolute atomic E-state index is 0.0417. The van der Waals surface area contributed by atoms with Crippen molar-refractivity contribution in [3.63, 3.8) is 0 Å². The highest BCUT2D eigenvalue weighted by molar-refractivity contribution is 9.10. The second-order valence-corrected chi connectivity index (χ2v) is 6.64. The Kier molecular flexibility index (Phi) is 5.65. The fraction of sp³-hybridized carbons (Fsp3) is 0.562. The zero-order valence-electron chi connectivity index (χ0n) is 12.6. The van der Waals surface area contributed by atoms with Gasteiger partial charge in [-0.3, -0.25) is 4.79 Å². The number of hydrogen-bond acceptors (Lipinski definition) is 3. The van der Waals surface area contributed by atoms with Crippen LogP contribution < -0.4 is 10.5 Å². The molecule has 0 bridgehead atoms. The van der Waals surface area contributed by atoms with Gasteiger partial charge in [0, 0.05) is 29.2 Å². The molecule has 0 radical (unpaired) electrons. The molecule has 1 unspecified atom stereocenters. The molecule has 0 aliphatic carbocycles. The van der Waals surface area contributed by atoms with Crippen LogP contribution in [0.1, 0.15) is 43.5 Å². The van der Waals surface area contributed by atoms with Gasteiger partial charge in [-0.2, -0.15) is 0 Å². The van der Waals surface area contributed by atoms with E-state index in [-0.39, 0.29) is 18.1 Å². The summed E-state index contributed by atoms with van der Waals surface area (Å²) in [6, 6.07) is 5.69. The van der Waals surface area contributed by atoms with E-state index in [0.717, 1.165) is 30.3 Å². The summed E-state index contributed by atoms with van der Waals surface area (Å²) in [6.07, 6.45) is 3.26. The predicted octanol–water partition coefficient (Wildman–Crippen LogP) is 3.19. The Bertz CT molecular complexity index is 505. The normalized spacial score (nSPS) is 18.9. The van der Waals surface area contributed by atoms with E-state index in [9.17, 15) is 4.79 Å². The smallest absolute Gasteiger partial charge is 0.254 e. The molecule has 1 atom stereocenters. The van der Waals surface area contributed by atoms with E-state index in [2.05, 4.69) is 15.9 Å². The lowest BCUT2D eigenvalue weighted by Crippen LogP contribution is -2.47. The predicted molar refractivity (Wildman–Crippen MR) is 87.6 cm³/mol. The SMILES string of the molecule is CC(C)Oc1cc(Br)cc(C(=O)N2CCCCC2CN)c1. The van der Waals surface area contributed by atoms with Crippen molar-refractivity contribution in [1.29, 1.82) is 0 Å². The summed E-state index contributed by atoms with van der Waals surface area (Å²) in [5.41, 5.74) is 6.46. The Morgan fingerprint density at radius 1 is 1.43 bits per heavy atom. The maximum Gasteiger partial charge on any atom is 0.254 e. The molecular formula is C16H23BrN2O2. The average molecular weight is 355 g/mol. The van der Waals surface area contributed by atoms with E-state index in [1.165, 1.54) is 0 Å². The molecule has 2 N–H and O–H groups in total. The monoisotopic (exact) mass is 354 g/mol. The van der Waals surface area contributed by atoms with Crippen LogP contribution in [0.3, 0.4) is 0 Å². The number of benzene rings is 1. The number of amides is 1. The first-order chi connectivity index (χ1) is 10.0. The van der Waals surface area contributed by atoms with Gasteiger partial charge in [0.15, 0.2) is 0 Å². The maximum atomic E-state index is 12.8. The summed E-state index contributed by atoms with van der Waals surface area (Å²) in [4.78, 5) is 14.7. The maximum absolute atomic E-state index is 12.8. The summed E-state index contributed by atoms with van der Waals surface area (Å²) in [6.45, 7) is 5.25. The fourth-order valence-electron chi connectivity index (χ4n) is 2.71. The number of halogens is 1. The molecule has 1 fully saturated rings. The summed E-state index contributed by atoms with van der Waals surface area (Å²) in [7, 11) is 0. The van der Waals surface area contributed by atoms with Crippen LogP contribution in [0.4, 0.5) is 0 Å². The second-order valence-electron chi connectivity index (χ2n) is 5.73. The van der Waals surface area contributed by atoms with Crippen molar-refractivity contribution in [2.75, 3.05) is 13.1 Å². The Balaban J connectivity index is 2.23. The average Bonchev–Trinajstić information content (AvgIpc) is 2.45. The number of carbonyl (C=O) groups is 1. The molecule has 1 saturated heterocycles. The van der Waals surface area contributed by atoms with E-state index < -0.39 is 0 Å². The fourth-order valence-corrected chi connectivity index (χ4v) is 3.18. The van der Waals surface area contributed by atoms with Crippen molar-refractivity contribution in [3.8, 4) is 5.75 Å². The van der Waals surface area contributed by atoms with Gasteiger partial charge in [0.2, 0.25) is 0 Å². The molecule has 2 rings (SSSR count). The van der Waals surface area contributed by atoms with Crippen LogP contribution in [0.15, 0.2) is 22.7 Å². The molecule has 0 spiro atoms. The van der Waals surface area contributed by atoms with Gasteiger partial charge in [0.25, 0.3) is 5.91 Å². The first-order valence-electron chi connectivity index (χ1n) is 7.49. The summed E-state index contributed by atoms with van der Waals surface area (Å²) in [5.74, 6) is 0.754. The number of hydrogen-bond donors (Lipinski definition) is 1. The molecule has 1 amide bonds. The number of nitrogens with two attached hydrogens (primary N) is 1. The molecular weight excluding hydrogens is 332 g/mol. The van der Waals surface area contributed by atoms with Gasteiger partial charge in [-0.15, -0.1) is 0 Å². The number of ether oxygens (including phenoxy) is 1. The molecule has 21 heavy (non-hydrogen) atoms. The van der Waals surface area contributed by atoms with Gasteiger partial charge in [-0.1, -0.05) is 15.9 Å². The standard InChI is InChI=1S/C16H23BrN2O2/c1-11(2)21-15-8-12(7-13(17)9-15)16(20)19-6-4-3-5-14(19)10-18/h7-9,11,14H,3-6,10,18H2,1-2H3. The molecule has 5 heteroatoms.